The Bertz CT molecular complexity index is 1610. The number of methoxy groups -OCH3 is 1. The normalized spacial score (nSPS) is 10.9. The molecule has 6 heteroatoms. The summed E-state index contributed by atoms with van der Waals surface area (Å²) >= 11 is 2.23. The van der Waals surface area contributed by atoms with Crippen molar-refractivity contribution < 1.29 is 13.9 Å². The summed E-state index contributed by atoms with van der Waals surface area (Å²) in [7, 11) is 1.61. The van der Waals surface area contributed by atoms with E-state index in [1.807, 2.05) is 103 Å². The minimum absolute atomic E-state index is 0.253. The van der Waals surface area contributed by atoms with Crippen LogP contribution in [0.5, 0.6) is 11.5 Å². The van der Waals surface area contributed by atoms with E-state index in [0.29, 0.717) is 29.4 Å². The van der Waals surface area contributed by atoms with Crippen molar-refractivity contribution in [3.05, 3.63) is 123 Å². The SMILES string of the molecule is COc1cc(C=Nc2oc(-c3ccccc3)c(-c3ccccc3)c2C#N)cc(I)c1OCc1ccccc1. The number of hydrogen-bond acceptors (Lipinski definition) is 5. The topological polar surface area (TPSA) is 67.8 Å². The fourth-order valence-electron chi connectivity index (χ4n) is 4.10. The standard InChI is InChI=1S/C32H23IN2O3/c1-36-28-18-23(17-27(33)31(28)37-21-22-11-5-2-6-12-22)20-35-32-26(19-34)29(24-13-7-3-8-14-24)30(38-32)25-15-9-4-10-16-25/h2-18,20H,21H2,1H3. The van der Waals surface area contributed by atoms with Crippen LogP contribution in [0.2, 0.25) is 0 Å². The molecular formula is C32H23IN2O3. The minimum Gasteiger partial charge on any atom is -0.493 e. The van der Waals surface area contributed by atoms with Gasteiger partial charge in [0.15, 0.2) is 11.5 Å². The first-order valence-electron chi connectivity index (χ1n) is 11.9. The number of ether oxygens (including phenoxy) is 2. The Labute approximate surface area is 235 Å². The Morgan fingerprint density at radius 1 is 0.895 bits per heavy atom. The first-order valence-corrected chi connectivity index (χ1v) is 13.0. The van der Waals surface area contributed by atoms with Gasteiger partial charge in [-0.05, 0) is 51.4 Å². The molecule has 0 N–H and O–H groups in total. The molecule has 0 bridgehead atoms. The maximum Gasteiger partial charge on any atom is 0.238 e. The van der Waals surface area contributed by atoms with E-state index in [1.165, 1.54) is 0 Å². The third-order valence-electron chi connectivity index (χ3n) is 5.91. The molecule has 4 aromatic carbocycles. The molecule has 5 nitrogen and oxygen atoms in total. The van der Waals surface area contributed by atoms with Gasteiger partial charge in [0, 0.05) is 17.3 Å². The van der Waals surface area contributed by atoms with Crippen molar-refractivity contribution in [3.8, 4) is 40.0 Å². The lowest BCUT2D eigenvalue weighted by molar-refractivity contribution is 0.282. The fraction of sp³-hybridized carbons (Fsp3) is 0.0625. The van der Waals surface area contributed by atoms with Crippen LogP contribution in [0.25, 0.3) is 22.5 Å². The van der Waals surface area contributed by atoms with Crippen LogP contribution < -0.4 is 9.47 Å². The summed E-state index contributed by atoms with van der Waals surface area (Å²) in [5.41, 5.74) is 4.74. The highest BCUT2D eigenvalue weighted by atomic mass is 127. The van der Waals surface area contributed by atoms with Crippen LogP contribution in [0.15, 0.2) is 113 Å². The molecule has 0 unspecified atom stereocenters. The van der Waals surface area contributed by atoms with Gasteiger partial charge in [-0.15, -0.1) is 0 Å². The maximum absolute atomic E-state index is 10.1. The van der Waals surface area contributed by atoms with Gasteiger partial charge in [-0.2, -0.15) is 5.26 Å². The number of aliphatic imine (C=N–C) groups is 1. The van der Waals surface area contributed by atoms with Crippen LogP contribution >= 0.6 is 22.6 Å². The zero-order valence-corrected chi connectivity index (χ0v) is 22.8. The molecule has 0 amide bonds. The molecule has 0 aliphatic rings. The zero-order chi connectivity index (χ0) is 26.3. The number of nitrogens with zero attached hydrogens (tertiary/aromatic N) is 2. The molecule has 0 atom stereocenters. The highest BCUT2D eigenvalue weighted by molar-refractivity contribution is 14.1. The third kappa shape index (κ3) is 5.48. The zero-order valence-electron chi connectivity index (χ0n) is 20.6. The number of rotatable bonds is 8. The van der Waals surface area contributed by atoms with Crippen LogP contribution in [0.1, 0.15) is 16.7 Å². The molecule has 1 aromatic heterocycles. The molecule has 0 saturated heterocycles. The van der Waals surface area contributed by atoms with Crippen molar-refractivity contribution in [3.63, 3.8) is 0 Å². The van der Waals surface area contributed by atoms with Gasteiger partial charge in [-0.25, -0.2) is 4.99 Å². The summed E-state index contributed by atoms with van der Waals surface area (Å²) in [6, 6.07) is 35.6. The molecule has 5 rings (SSSR count). The van der Waals surface area contributed by atoms with E-state index in [1.54, 1.807) is 13.3 Å². The Balaban J connectivity index is 1.50. The third-order valence-corrected chi connectivity index (χ3v) is 6.71. The Kier molecular flexibility index (Phi) is 7.86. The lowest BCUT2D eigenvalue weighted by Crippen LogP contribution is -2.00. The lowest BCUT2D eigenvalue weighted by Gasteiger charge is -2.13. The number of nitriles is 1. The highest BCUT2D eigenvalue weighted by Crippen LogP contribution is 2.42. The van der Waals surface area contributed by atoms with Crippen molar-refractivity contribution in [2.75, 3.05) is 7.11 Å². The van der Waals surface area contributed by atoms with Crippen molar-refractivity contribution in [2.45, 2.75) is 6.61 Å². The van der Waals surface area contributed by atoms with Crippen LogP contribution in [0, 0.1) is 14.9 Å². The molecule has 0 aliphatic heterocycles. The van der Waals surface area contributed by atoms with Gasteiger partial charge in [0.25, 0.3) is 0 Å². The number of benzene rings is 4. The van der Waals surface area contributed by atoms with Crippen LogP contribution in [-0.4, -0.2) is 13.3 Å². The van der Waals surface area contributed by atoms with Crippen molar-refractivity contribution in [2.24, 2.45) is 4.99 Å². The smallest absolute Gasteiger partial charge is 0.238 e. The van der Waals surface area contributed by atoms with Crippen molar-refractivity contribution in [1.82, 2.24) is 0 Å². The van der Waals surface area contributed by atoms with Gasteiger partial charge >= 0.3 is 0 Å². The summed E-state index contributed by atoms with van der Waals surface area (Å²) in [6.45, 7) is 0.434. The van der Waals surface area contributed by atoms with E-state index in [0.717, 1.165) is 31.4 Å². The molecule has 186 valence electrons. The Hall–Kier alpha value is -4.35. The van der Waals surface area contributed by atoms with Crippen molar-refractivity contribution >= 4 is 34.7 Å². The Morgan fingerprint density at radius 3 is 2.16 bits per heavy atom. The van der Waals surface area contributed by atoms with E-state index in [4.69, 9.17) is 13.9 Å². The lowest BCUT2D eigenvalue weighted by atomic mass is 9.98. The van der Waals surface area contributed by atoms with Gasteiger partial charge in [0.2, 0.25) is 5.88 Å². The van der Waals surface area contributed by atoms with E-state index in [9.17, 15) is 5.26 Å². The largest absolute Gasteiger partial charge is 0.493 e. The molecule has 0 radical (unpaired) electrons. The molecule has 0 saturated carbocycles. The van der Waals surface area contributed by atoms with E-state index >= 15 is 0 Å². The van der Waals surface area contributed by atoms with E-state index in [-0.39, 0.29) is 5.88 Å². The molecule has 0 aliphatic carbocycles. The van der Waals surface area contributed by atoms with E-state index in [2.05, 4.69) is 33.7 Å². The first kappa shape index (κ1) is 25.3. The predicted molar refractivity (Wildman–Crippen MR) is 158 cm³/mol. The van der Waals surface area contributed by atoms with Gasteiger partial charge in [0.05, 0.1) is 10.7 Å². The van der Waals surface area contributed by atoms with Gasteiger partial charge in [-0.1, -0.05) is 91.0 Å². The van der Waals surface area contributed by atoms with Crippen LogP contribution in [0.3, 0.4) is 0 Å². The molecule has 5 aromatic rings. The number of furan rings is 1. The second-order valence-corrected chi connectivity index (χ2v) is 9.56. The molecule has 0 spiro atoms. The van der Waals surface area contributed by atoms with Gasteiger partial charge < -0.3 is 13.9 Å². The van der Waals surface area contributed by atoms with Gasteiger partial charge in [0.1, 0.15) is 24.0 Å². The summed E-state index contributed by atoms with van der Waals surface area (Å²) < 4.78 is 18.8. The second kappa shape index (κ2) is 11.8. The molecular weight excluding hydrogens is 587 g/mol. The fourth-order valence-corrected chi connectivity index (χ4v) is 4.89. The summed E-state index contributed by atoms with van der Waals surface area (Å²) in [4.78, 5) is 4.61. The number of hydrogen-bond donors (Lipinski definition) is 0. The molecule has 1 heterocycles. The first-order chi connectivity index (χ1) is 18.7. The monoisotopic (exact) mass is 610 g/mol. The summed E-state index contributed by atoms with van der Waals surface area (Å²) in [5.74, 6) is 2.13. The second-order valence-electron chi connectivity index (χ2n) is 8.40. The minimum atomic E-state index is 0.253. The van der Waals surface area contributed by atoms with Crippen molar-refractivity contribution in [1.29, 1.82) is 5.26 Å². The number of halogens is 1. The molecule has 38 heavy (non-hydrogen) atoms. The van der Waals surface area contributed by atoms with Crippen LogP contribution in [-0.2, 0) is 6.61 Å². The summed E-state index contributed by atoms with van der Waals surface area (Å²) in [6.07, 6.45) is 1.68. The maximum atomic E-state index is 10.1. The Morgan fingerprint density at radius 2 is 1.53 bits per heavy atom. The molecule has 0 fully saturated rings. The summed E-state index contributed by atoms with van der Waals surface area (Å²) in [5, 5.41) is 10.1. The quantitative estimate of drug-likeness (QED) is 0.131. The van der Waals surface area contributed by atoms with Crippen LogP contribution in [0.4, 0.5) is 5.88 Å². The average molecular weight is 610 g/mol. The predicted octanol–water partition coefficient (Wildman–Crippen LogP) is 8.43. The van der Waals surface area contributed by atoms with E-state index < -0.39 is 0 Å². The van der Waals surface area contributed by atoms with Gasteiger partial charge in [-0.3, -0.25) is 0 Å². The highest BCUT2D eigenvalue weighted by Gasteiger charge is 2.22. The average Bonchev–Trinajstić information content (AvgIpc) is 3.35.